The molecule has 0 saturated carbocycles. The van der Waals surface area contributed by atoms with Crippen molar-refractivity contribution in [3.8, 4) is 0 Å². The lowest BCUT2D eigenvalue weighted by Crippen LogP contribution is -2.30. The van der Waals surface area contributed by atoms with Crippen molar-refractivity contribution >= 4 is 31.5 Å². The van der Waals surface area contributed by atoms with Crippen molar-refractivity contribution in [3.63, 3.8) is 0 Å². The molecular formula is C47H86NO10P. The van der Waals surface area contributed by atoms with Crippen LogP contribution in [0.4, 0.5) is 0 Å². The first kappa shape index (κ1) is 56.7. The summed E-state index contributed by atoms with van der Waals surface area (Å²) in [7, 11) is -4.57. The number of esters is 2. The molecule has 0 aliphatic heterocycles. The zero-order valence-electron chi connectivity index (χ0n) is 37.7. The highest BCUT2D eigenvalue weighted by Gasteiger charge is 2.26. The number of carbonyl (C=O) groups is 4. The first-order valence-electron chi connectivity index (χ1n) is 23.6. The van der Waals surface area contributed by atoms with Gasteiger partial charge in [0.05, 0.1) is 13.2 Å². The number of unbranched alkanes of at least 4 members (excludes halogenated alkanes) is 22. The van der Waals surface area contributed by atoms with E-state index in [9.17, 15) is 28.6 Å². The number of phosphoric ester groups is 1. The molecule has 0 heterocycles. The van der Waals surface area contributed by atoms with Gasteiger partial charge < -0.3 is 24.5 Å². The highest BCUT2D eigenvalue weighted by atomic mass is 31.2. The second-order valence-electron chi connectivity index (χ2n) is 16.0. The van der Waals surface area contributed by atoms with Crippen LogP contribution in [0.1, 0.15) is 220 Å². The van der Waals surface area contributed by atoms with Gasteiger partial charge in [0.25, 0.3) is 0 Å². The Kier molecular flexibility index (Phi) is 40.7. The van der Waals surface area contributed by atoms with E-state index in [4.69, 9.17) is 18.5 Å². The van der Waals surface area contributed by atoms with Gasteiger partial charge in [-0.25, -0.2) is 4.57 Å². The average molecular weight is 856 g/mol. The fourth-order valence-corrected chi connectivity index (χ4v) is 7.20. The molecule has 2 atom stereocenters. The summed E-state index contributed by atoms with van der Waals surface area (Å²) in [5.41, 5.74) is 0. The molecule has 0 saturated heterocycles. The summed E-state index contributed by atoms with van der Waals surface area (Å²) in [6.45, 7) is 4.80. The number of rotatable bonds is 44. The Balaban J connectivity index is 4.54. The van der Waals surface area contributed by atoms with Crippen molar-refractivity contribution in [2.75, 3.05) is 26.4 Å². The molecule has 0 rings (SSSR count). The van der Waals surface area contributed by atoms with Gasteiger partial charge in [0.2, 0.25) is 5.91 Å². The number of Topliss-reactive ketones (excluding diaryl/α,β-unsaturated/α-hetero) is 1. The molecule has 59 heavy (non-hydrogen) atoms. The van der Waals surface area contributed by atoms with E-state index in [1.807, 2.05) is 0 Å². The molecule has 0 aromatic carbocycles. The van der Waals surface area contributed by atoms with Gasteiger partial charge in [-0.2, -0.15) is 0 Å². The van der Waals surface area contributed by atoms with E-state index < -0.39 is 32.5 Å². The largest absolute Gasteiger partial charge is 0.472 e. The van der Waals surface area contributed by atoms with Crippen molar-refractivity contribution in [1.82, 2.24) is 5.32 Å². The van der Waals surface area contributed by atoms with E-state index in [1.165, 1.54) is 84.0 Å². The van der Waals surface area contributed by atoms with E-state index in [1.54, 1.807) is 0 Å². The second-order valence-corrected chi connectivity index (χ2v) is 17.4. The van der Waals surface area contributed by atoms with Crippen molar-refractivity contribution in [2.24, 2.45) is 0 Å². The first-order valence-corrected chi connectivity index (χ1v) is 25.1. The Morgan fingerprint density at radius 1 is 0.542 bits per heavy atom. The highest BCUT2D eigenvalue weighted by molar-refractivity contribution is 7.47. The maximum Gasteiger partial charge on any atom is 0.472 e. The van der Waals surface area contributed by atoms with Gasteiger partial charge in [-0.3, -0.25) is 23.4 Å². The SMILES string of the molecule is CCCCCCCC/C=C\CCCCCCCC(=O)OCC(COP(=O)(O)OCCNC(=O)CCCC(C)=O)OC(=O)CCCCCCC/C=C\CCCCCCCC. The molecule has 2 unspecified atom stereocenters. The monoisotopic (exact) mass is 856 g/mol. The van der Waals surface area contributed by atoms with Crippen LogP contribution in [0.2, 0.25) is 0 Å². The summed E-state index contributed by atoms with van der Waals surface area (Å²) in [6.07, 6.45) is 39.3. The van der Waals surface area contributed by atoms with Crippen LogP contribution in [0, 0.1) is 0 Å². The van der Waals surface area contributed by atoms with Crippen molar-refractivity contribution in [3.05, 3.63) is 24.3 Å². The molecule has 11 nitrogen and oxygen atoms in total. The number of hydrogen-bond donors (Lipinski definition) is 2. The molecule has 2 N–H and O–H groups in total. The van der Waals surface area contributed by atoms with Crippen LogP contribution in [0.5, 0.6) is 0 Å². The van der Waals surface area contributed by atoms with Crippen LogP contribution in [0.3, 0.4) is 0 Å². The molecule has 1 amide bonds. The molecule has 0 spiro atoms. The molecule has 0 aliphatic carbocycles. The number of hydrogen-bond acceptors (Lipinski definition) is 9. The molecule has 0 aliphatic rings. The summed E-state index contributed by atoms with van der Waals surface area (Å²) < 4.78 is 33.5. The van der Waals surface area contributed by atoms with Gasteiger partial charge >= 0.3 is 19.8 Å². The summed E-state index contributed by atoms with van der Waals surface area (Å²) in [4.78, 5) is 58.4. The van der Waals surface area contributed by atoms with Crippen LogP contribution in [0.25, 0.3) is 0 Å². The van der Waals surface area contributed by atoms with Gasteiger partial charge in [0, 0.05) is 32.2 Å². The van der Waals surface area contributed by atoms with Gasteiger partial charge in [0.15, 0.2) is 6.10 Å². The van der Waals surface area contributed by atoms with Crippen molar-refractivity contribution in [1.29, 1.82) is 0 Å². The third-order valence-corrected chi connectivity index (χ3v) is 11.0. The Morgan fingerprint density at radius 3 is 1.46 bits per heavy atom. The van der Waals surface area contributed by atoms with Crippen LogP contribution in [-0.4, -0.2) is 61.0 Å². The van der Waals surface area contributed by atoms with Crippen molar-refractivity contribution < 1.29 is 47.2 Å². The summed E-state index contributed by atoms with van der Waals surface area (Å²) in [6, 6.07) is 0. The van der Waals surface area contributed by atoms with E-state index in [2.05, 4.69) is 43.5 Å². The van der Waals surface area contributed by atoms with Crippen LogP contribution in [0.15, 0.2) is 24.3 Å². The lowest BCUT2D eigenvalue weighted by atomic mass is 10.1. The second kappa shape index (κ2) is 42.4. The van der Waals surface area contributed by atoms with Crippen molar-refractivity contribution in [2.45, 2.75) is 226 Å². The number of ketones is 1. The van der Waals surface area contributed by atoms with Gasteiger partial charge in [-0.1, -0.05) is 141 Å². The number of carbonyl (C=O) groups excluding carboxylic acids is 4. The number of ether oxygens (including phenoxy) is 2. The van der Waals surface area contributed by atoms with Gasteiger partial charge in [-0.15, -0.1) is 0 Å². The number of phosphoric acid groups is 1. The normalized spacial score (nSPS) is 13.2. The Morgan fingerprint density at radius 2 is 0.983 bits per heavy atom. The lowest BCUT2D eigenvalue weighted by Gasteiger charge is -2.20. The van der Waals surface area contributed by atoms with Crippen LogP contribution < -0.4 is 5.32 Å². The fourth-order valence-electron chi connectivity index (χ4n) is 6.45. The fraction of sp³-hybridized carbons (Fsp3) is 0.830. The molecule has 0 fully saturated rings. The summed E-state index contributed by atoms with van der Waals surface area (Å²) in [5.74, 6) is -1.22. The predicted octanol–water partition coefficient (Wildman–Crippen LogP) is 12.5. The minimum atomic E-state index is -4.57. The zero-order valence-corrected chi connectivity index (χ0v) is 38.6. The molecule has 344 valence electrons. The minimum absolute atomic E-state index is 0.000247. The van der Waals surface area contributed by atoms with E-state index >= 15 is 0 Å². The predicted molar refractivity (Wildman–Crippen MR) is 239 cm³/mol. The first-order chi connectivity index (χ1) is 28.6. The third kappa shape index (κ3) is 43.6. The van der Waals surface area contributed by atoms with Crippen LogP contribution in [-0.2, 0) is 42.3 Å². The topological polar surface area (TPSA) is 155 Å². The zero-order chi connectivity index (χ0) is 43.5. The maximum atomic E-state index is 12.7. The molecule has 0 aromatic rings. The maximum absolute atomic E-state index is 12.7. The molecule has 12 heteroatoms. The van der Waals surface area contributed by atoms with Crippen LogP contribution >= 0.6 is 7.82 Å². The summed E-state index contributed by atoms with van der Waals surface area (Å²) in [5, 5.41) is 2.56. The quantitative estimate of drug-likeness (QED) is 0.0262. The average Bonchev–Trinajstić information content (AvgIpc) is 3.20. The number of nitrogens with one attached hydrogen (secondary N) is 1. The Labute approximate surface area is 359 Å². The van der Waals surface area contributed by atoms with E-state index in [-0.39, 0.29) is 50.7 Å². The number of allylic oxidation sites excluding steroid dienone is 4. The van der Waals surface area contributed by atoms with Gasteiger partial charge in [0.1, 0.15) is 12.4 Å². The standard InChI is InChI=1S/C47H86NO10P/c1-4-6-8-10-12-14-16-18-20-22-24-26-28-30-32-37-46(51)55-41-44(42-57-59(53,54)56-40-39-48-45(50)36-34-35-43(3)49)58-47(52)38-33-31-29-27-25-23-21-19-17-15-13-11-9-7-5-2/h18-21,44H,4-17,22-42H2,1-3H3,(H,48,50)(H,53,54)/b20-18-,21-19-. The minimum Gasteiger partial charge on any atom is -0.462 e. The van der Waals surface area contributed by atoms with Gasteiger partial charge in [-0.05, 0) is 77.6 Å². The third-order valence-electron chi connectivity index (χ3n) is 10.0. The summed E-state index contributed by atoms with van der Waals surface area (Å²) >= 11 is 0. The number of amides is 1. The molecule has 0 aromatic heterocycles. The Hall–Kier alpha value is -2.33. The molecule has 0 radical (unpaired) electrons. The highest BCUT2D eigenvalue weighted by Crippen LogP contribution is 2.43. The molecular weight excluding hydrogens is 769 g/mol. The van der Waals surface area contributed by atoms with E-state index in [0.29, 0.717) is 25.7 Å². The lowest BCUT2D eigenvalue weighted by molar-refractivity contribution is -0.161. The Bertz CT molecular complexity index is 1140. The van der Waals surface area contributed by atoms with E-state index in [0.717, 1.165) is 77.0 Å². The molecule has 0 bridgehead atoms. The smallest absolute Gasteiger partial charge is 0.462 e.